The lowest BCUT2D eigenvalue weighted by molar-refractivity contribution is 0.0756. The topological polar surface area (TPSA) is 37.3 Å². The van der Waals surface area contributed by atoms with E-state index in [0.717, 1.165) is 10.5 Å². The second-order valence-electron chi connectivity index (χ2n) is 6.02. The van der Waals surface area contributed by atoms with Gasteiger partial charge in [-0.2, -0.15) is 0 Å². The van der Waals surface area contributed by atoms with Crippen molar-refractivity contribution in [1.82, 2.24) is 0 Å². The molecule has 0 saturated heterocycles. The minimum atomic E-state index is -1.30. The molecule has 1 N–H and O–H groups in total. The van der Waals surface area contributed by atoms with Gasteiger partial charge < -0.3 is 5.11 Å². The highest BCUT2D eigenvalue weighted by atomic mass is 32.2. The quantitative estimate of drug-likeness (QED) is 0.919. The average Bonchev–Trinajstić information content (AvgIpc) is 2.45. The third-order valence-corrected chi connectivity index (χ3v) is 5.01. The number of hydrogen-bond acceptors (Lipinski definition) is 2. The van der Waals surface area contributed by atoms with Crippen molar-refractivity contribution in [3.63, 3.8) is 0 Å². The molecule has 3 heteroatoms. The summed E-state index contributed by atoms with van der Waals surface area (Å²) in [6, 6.07) is 15.2. The van der Waals surface area contributed by atoms with E-state index in [9.17, 15) is 9.32 Å². The van der Waals surface area contributed by atoms with Crippen LogP contribution in [0.25, 0.3) is 0 Å². The SMILES string of the molecule is CC(C)c1ccccc1[S@@](=O)c1ccccc1C(C)(C)O. The predicted octanol–water partition coefficient (Wildman–Crippen LogP) is 4.20. The van der Waals surface area contributed by atoms with Gasteiger partial charge in [-0.1, -0.05) is 50.2 Å². The van der Waals surface area contributed by atoms with Crippen molar-refractivity contribution in [2.24, 2.45) is 0 Å². The Bertz CT molecular complexity index is 654. The van der Waals surface area contributed by atoms with Crippen LogP contribution in [0.1, 0.15) is 44.7 Å². The maximum atomic E-state index is 13.0. The molecule has 2 aromatic rings. The van der Waals surface area contributed by atoms with Crippen molar-refractivity contribution in [2.45, 2.75) is 49.0 Å². The standard InChI is InChI=1S/C18H22O2S/c1-13(2)14-9-5-7-11-16(14)21(20)17-12-8-6-10-15(17)18(3,4)19/h5-13,19H,1-4H3/t21-/m1/s1. The van der Waals surface area contributed by atoms with Crippen LogP contribution >= 0.6 is 0 Å². The van der Waals surface area contributed by atoms with Crippen LogP contribution in [0.15, 0.2) is 58.3 Å². The third kappa shape index (κ3) is 3.42. The van der Waals surface area contributed by atoms with E-state index in [-0.39, 0.29) is 0 Å². The van der Waals surface area contributed by atoms with Crippen LogP contribution in [0.4, 0.5) is 0 Å². The molecule has 0 spiro atoms. The van der Waals surface area contributed by atoms with Crippen molar-refractivity contribution < 1.29 is 9.32 Å². The average molecular weight is 302 g/mol. The van der Waals surface area contributed by atoms with Crippen LogP contribution in [0.2, 0.25) is 0 Å². The predicted molar refractivity (Wildman–Crippen MR) is 86.9 cm³/mol. The lowest BCUT2D eigenvalue weighted by Crippen LogP contribution is -2.18. The number of aliphatic hydroxyl groups is 1. The summed E-state index contributed by atoms with van der Waals surface area (Å²) in [6.45, 7) is 7.63. The van der Waals surface area contributed by atoms with E-state index in [0.29, 0.717) is 16.4 Å². The molecule has 21 heavy (non-hydrogen) atoms. The van der Waals surface area contributed by atoms with Crippen molar-refractivity contribution in [3.8, 4) is 0 Å². The maximum Gasteiger partial charge on any atom is 0.0856 e. The Balaban J connectivity index is 2.57. The van der Waals surface area contributed by atoms with Gasteiger partial charge in [-0.15, -0.1) is 0 Å². The van der Waals surface area contributed by atoms with Crippen LogP contribution in [0.3, 0.4) is 0 Å². The summed E-state index contributed by atoms with van der Waals surface area (Å²) >= 11 is 0. The van der Waals surface area contributed by atoms with Crippen LogP contribution in [-0.2, 0) is 16.4 Å². The molecule has 2 nitrogen and oxygen atoms in total. The molecule has 0 aromatic heterocycles. The van der Waals surface area contributed by atoms with Crippen LogP contribution in [-0.4, -0.2) is 9.32 Å². The fraction of sp³-hybridized carbons (Fsp3) is 0.333. The highest BCUT2D eigenvalue weighted by molar-refractivity contribution is 7.85. The minimum Gasteiger partial charge on any atom is -0.386 e. The highest BCUT2D eigenvalue weighted by Crippen LogP contribution is 2.31. The molecule has 0 bridgehead atoms. The monoisotopic (exact) mass is 302 g/mol. The van der Waals surface area contributed by atoms with Gasteiger partial charge in [-0.25, -0.2) is 4.21 Å². The molecule has 0 aliphatic carbocycles. The molecule has 0 aliphatic rings. The summed E-state index contributed by atoms with van der Waals surface area (Å²) in [5, 5.41) is 10.3. The van der Waals surface area contributed by atoms with Gasteiger partial charge in [0.25, 0.3) is 0 Å². The van der Waals surface area contributed by atoms with Gasteiger partial charge in [0, 0.05) is 9.79 Å². The highest BCUT2D eigenvalue weighted by Gasteiger charge is 2.24. The molecule has 0 heterocycles. The first kappa shape index (κ1) is 15.9. The van der Waals surface area contributed by atoms with E-state index in [4.69, 9.17) is 0 Å². The summed E-state index contributed by atoms with van der Waals surface area (Å²) in [6.07, 6.45) is 0. The largest absolute Gasteiger partial charge is 0.386 e. The summed E-state index contributed by atoms with van der Waals surface area (Å²) in [5.41, 5.74) is 0.780. The van der Waals surface area contributed by atoms with Gasteiger partial charge in [0.1, 0.15) is 0 Å². The molecule has 2 aromatic carbocycles. The lowest BCUT2D eigenvalue weighted by atomic mass is 9.99. The summed E-state index contributed by atoms with van der Waals surface area (Å²) in [5.74, 6) is 0.305. The Morgan fingerprint density at radius 2 is 1.48 bits per heavy atom. The Labute approximate surface area is 129 Å². The third-order valence-electron chi connectivity index (χ3n) is 3.49. The number of benzene rings is 2. The number of rotatable bonds is 4. The minimum absolute atomic E-state index is 0.305. The summed E-state index contributed by atoms with van der Waals surface area (Å²) < 4.78 is 13.0. The zero-order valence-corrected chi connectivity index (χ0v) is 13.8. The molecular weight excluding hydrogens is 280 g/mol. The van der Waals surface area contributed by atoms with Crippen molar-refractivity contribution >= 4 is 10.8 Å². The normalized spacial score (nSPS) is 13.4. The van der Waals surface area contributed by atoms with Crippen LogP contribution in [0, 0.1) is 0 Å². The fourth-order valence-electron chi connectivity index (χ4n) is 2.38. The molecule has 0 radical (unpaired) electrons. The van der Waals surface area contributed by atoms with E-state index in [1.54, 1.807) is 13.8 Å². The second kappa shape index (κ2) is 6.12. The number of hydrogen-bond donors (Lipinski definition) is 1. The Hall–Kier alpha value is -1.45. The van der Waals surface area contributed by atoms with E-state index in [2.05, 4.69) is 13.8 Å². The van der Waals surface area contributed by atoms with Crippen molar-refractivity contribution in [3.05, 3.63) is 59.7 Å². The molecule has 0 saturated carbocycles. The Kier molecular flexibility index (Phi) is 4.64. The van der Waals surface area contributed by atoms with Gasteiger partial charge in [0.2, 0.25) is 0 Å². The van der Waals surface area contributed by atoms with Gasteiger partial charge in [-0.3, -0.25) is 0 Å². The fourth-order valence-corrected chi connectivity index (χ4v) is 4.06. The first-order chi connectivity index (χ1) is 9.82. The van der Waals surface area contributed by atoms with Gasteiger partial charge in [0.05, 0.1) is 16.4 Å². The molecular formula is C18H22O2S. The maximum absolute atomic E-state index is 13.0. The Morgan fingerprint density at radius 3 is 2.05 bits per heavy atom. The molecule has 0 amide bonds. The van der Waals surface area contributed by atoms with Crippen LogP contribution < -0.4 is 0 Å². The van der Waals surface area contributed by atoms with Gasteiger partial charge in [-0.05, 0) is 43.0 Å². The molecule has 0 fully saturated rings. The first-order valence-corrected chi connectivity index (χ1v) is 8.30. The van der Waals surface area contributed by atoms with Crippen molar-refractivity contribution in [1.29, 1.82) is 0 Å². The summed E-state index contributed by atoms with van der Waals surface area (Å²) in [4.78, 5) is 1.50. The van der Waals surface area contributed by atoms with Crippen molar-refractivity contribution in [2.75, 3.05) is 0 Å². The zero-order valence-electron chi connectivity index (χ0n) is 13.0. The molecule has 112 valence electrons. The molecule has 2 rings (SSSR count). The Morgan fingerprint density at radius 1 is 0.952 bits per heavy atom. The van der Waals surface area contributed by atoms with E-state index in [1.165, 1.54) is 0 Å². The molecule has 1 atom stereocenters. The molecule has 0 unspecified atom stereocenters. The van der Waals surface area contributed by atoms with E-state index >= 15 is 0 Å². The van der Waals surface area contributed by atoms with Crippen LogP contribution in [0.5, 0.6) is 0 Å². The van der Waals surface area contributed by atoms with E-state index in [1.807, 2.05) is 48.5 Å². The second-order valence-corrected chi connectivity index (χ2v) is 7.43. The molecule has 0 aliphatic heterocycles. The van der Waals surface area contributed by atoms with Gasteiger partial charge >= 0.3 is 0 Å². The lowest BCUT2D eigenvalue weighted by Gasteiger charge is -2.22. The zero-order chi connectivity index (χ0) is 15.6. The van der Waals surface area contributed by atoms with E-state index < -0.39 is 16.4 Å². The van der Waals surface area contributed by atoms with Gasteiger partial charge in [0.15, 0.2) is 0 Å². The first-order valence-electron chi connectivity index (χ1n) is 7.15. The smallest absolute Gasteiger partial charge is 0.0856 e. The summed E-state index contributed by atoms with van der Waals surface area (Å²) in [7, 11) is -1.30.